The zero-order valence-electron chi connectivity index (χ0n) is 16.7. The molecule has 0 bridgehead atoms. The van der Waals surface area contributed by atoms with E-state index in [9.17, 15) is 14.4 Å². The predicted octanol–water partition coefficient (Wildman–Crippen LogP) is 3.85. The Morgan fingerprint density at radius 1 is 0.968 bits per heavy atom. The molecule has 0 saturated carbocycles. The van der Waals surface area contributed by atoms with Crippen molar-refractivity contribution < 1.29 is 28.6 Å². The van der Waals surface area contributed by atoms with E-state index in [1.54, 1.807) is 6.07 Å². The molecule has 0 heterocycles. The van der Waals surface area contributed by atoms with Crippen LogP contribution in [0.25, 0.3) is 0 Å². The first kappa shape index (κ1) is 24.4. The van der Waals surface area contributed by atoms with Crippen molar-refractivity contribution in [1.29, 1.82) is 0 Å². The van der Waals surface area contributed by atoms with Gasteiger partial charge in [-0.05, 0) is 55.5 Å². The number of amides is 1. The number of esters is 2. The van der Waals surface area contributed by atoms with Crippen LogP contribution in [0.1, 0.15) is 27.6 Å². The van der Waals surface area contributed by atoms with Crippen LogP contribution < -0.4 is 15.4 Å². The Morgan fingerprint density at radius 2 is 1.55 bits per heavy atom. The summed E-state index contributed by atoms with van der Waals surface area (Å²) in [6, 6.07) is 8.73. The van der Waals surface area contributed by atoms with Gasteiger partial charge in [-0.15, -0.1) is 0 Å². The number of hydrogen-bond acceptors (Lipinski definition) is 7. The van der Waals surface area contributed by atoms with Gasteiger partial charge in [0.25, 0.3) is 5.91 Å². The monoisotopic (exact) mass is 484 g/mol. The van der Waals surface area contributed by atoms with Gasteiger partial charge < -0.3 is 19.5 Å². The van der Waals surface area contributed by atoms with E-state index < -0.39 is 23.9 Å². The molecule has 1 unspecified atom stereocenters. The van der Waals surface area contributed by atoms with Crippen LogP contribution in [-0.2, 0) is 14.3 Å². The molecule has 0 fully saturated rings. The molecule has 1 atom stereocenters. The van der Waals surface area contributed by atoms with E-state index >= 15 is 0 Å². The molecule has 0 aliphatic rings. The molecule has 2 aromatic rings. The summed E-state index contributed by atoms with van der Waals surface area (Å²) in [4.78, 5) is 36.1. The van der Waals surface area contributed by atoms with Crippen molar-refractivity contribution in [3.05, 3.63) is 57.6 Å². The van der Waals surface area contributed by atoms with Gasteiger partial charge in [0.05, 0.1) is 30.4 Å². The third-order valence-electron chi connectivity index (χ3n) is 3.84. The molecule has 2 aromatic carbocycles. The second kappa shape index (κ2) is 10.9. The molecular weight excluding hydrogens is 467 g/mol. The molecule has 0 spiro atoms. The van der Waals surface area contributed by atoms with Crippen molar-refractivity contribution in [3.8, 4) is 5.75 Å². The summed E-state index contributed by atoms with van der Waals surface area (Å²) >= 11 is 17.0. The van der Waals surface area contributed by atoms with Crippen molar-refractivity contribution in [2.75, 3.05) is 19.5 Å². The van der Waals surface area contributed by atoms with E-state index in [0.29, 0.717) is 5.02 Å². The highest BCUT2D eigenvalue weighted by Crippen LogP contribution is 2.28. The number of methoxy groups -OCH3 is 2. The first-order valence-corrected chi connectivity index (χ1v) is 9.86. The van der Waals surface area contributed by atoms with Crippen molar-refractivity contribution in [3.63, 3.8) is 0 Å². The van der Waals surface area contributed by atoms with Crippen LogP contribution in [0.2, 0.25) is 10.0 Å². The van der Waals surface area contributed by atoms with Gasteiger partial charge in [-0.2, -0.15) is 0 Å². The van der Waals surface area contributed by atoms with Gasteiger partial charge in [-0.3, -0.25) is 10.1 Å². The third-order valence-corrected chi connectivity index (χ3v) is 4.57. The molecule has 0 radical (unpaired) electrons. The Kier molecular flexibility index (Phi) is 8.61. The largest absolute Gasteiger partial charge is 0.479 e. The predicted molar refractivity (Wildman–Crippen MR) is 120 cm³/mol. The summed E-state index contributed by atoms with van der Waals surface area (Å²) in [5.41, 5.74) is 0.454. The van der Waals surface area contributed by atoms with Crippen LogP contribution in [-0.4, -0.2) is 43.3 Å². The molecule has 0 aliphatic carbocycles. The number of nitrogens with one attached hydrogen (secondary N) is 2. The van der Waals surface area contributed by atoms with E-state index in [-0.39, 0.29) is 32.7 Å². The van der Waals surface area contributed by atoms with Crippen LogP contribution >= 0.6 is 35.4 Å². The van der Waals surface area contributed by atoms with Crippen molar-refractivity contribution in [1.82, 2.24) is 5.32 Å². The SMILES string of the molecule is COC(=O)c1cc(NC(=S)NC(=O)C(C)Oc2ccc(Cl)cc2Cl)cc(C(=O)OC)c1. The number of benzene rings is 2. The van der Waals surface area contributed by atoms with E-state index in [1.807, 2.05) is 0 Å². The fourth-order valence-electron chi connectivity index (χ4n) is 2.36. The Labute approximate surface area is 193 Å². The second-order valence-corrected chi connectivity index (χ2v) is 7.31. The topological polar surface area (TPSA) is 103 Å². The standard InChI is InChI=1S/C20H18Cl2N2O6S/c1-10(30-16-5-4-13(21)9-15(16)22)17(25)24-20(31)23-14-7-11(18(26)28-2)6-12(8-14)19(27)29-3/h4-10H,1-3H3,(H2,23,24,25,31). The number of halogens is 2. The summed E-state index contributed by atoms with van der Waals surface area (Å²) in [6.45, 7) is 1.51. The van der Waals surface area contributed by atoms with Gasteiger partial charge in [0.15, 0.2) is 11.2 Å². The summed E-state index contributed by atoms with van der Waals surface area (Å²) in [5, 5.41) is 5.79. The molecule has 0 aromatic heterocycles. The fraction of sp³-hybridized carbons (Fsp3) is 0.200. The normalized spacial score (nSPS) is 11.1. The highest BCUT2D eigenvalue weighted by molar-refractivity contribution is 7.80. The van der Waals surface area contributed by atoms with Gasteiger partial charge >= 0.3 is 11.9 Å². The lowest BCUT2D eigenvalue weighted by Crippen LogP contribution is -2.42. The smallest absolute Gasteiger partial charge is 0.337 e. The number of rotatable bonds is 6. The Balaban J connectivity index is 2.09. The molecule has 8 nitrogen and oxygen atoms in total. The molecule has 31 heavy (non-hydrogen) atoms. The maximum Gasteiger partial charge on any atom is 0.337 e. The Morgan fingerprint density at radius 3 is 2.06 bits per heavy atom. The lowest BCUT2D eigenvalue weighted by molar-refractivity contribution is -0.125. The number of carbonyl (C=O) groups is 3. The zero-order chi connectivity index (χ0) is 23.1. The zero-order valence-corrected chi connectivity index (χ0v) is 19.0. The molecule has 0 aliphatic heterocycles. The lowest BCUT2D eigenvalue weighted by atomic mass is 10.1. The van der Waals surface area contributed by atoms with E-state index in [0.717, 1.165) is 0 Å². The van der Waals surface area contributed by atoms with E-state index in [4.69, 9.17) is 40.2 Å². The van der Waals surface area contributed by atoms with Crippen molar-refractivity contribution in [2.24, 2.45) is 0 Å². The van der Waals surface area contributed by atoms with Gasteiger partial charge in [0, 0.05) is 10.7 Å². The lowest BCUT2D eigenvalue weighted by Gasteiger charge is -2.17. The average molecular weight is 485 g/mol. The van der Waals surface area contributed by atoms with Crippen molar-refractivity contribution >= 4 is 64.1 Å². The second-order valence-electron chi connectivity index (χ2n) is 6.06. The first-order valence-electron chi connectivity index (χ1n) is 8.70. The Hall–Kier alpha value is -2.88. The Bertz CT molecular complexity index is 996. The molecular formula is C20H18Cl2N2O6S. The van der Waals surface area contributed by atoms with Crippen LogP contribution in [0.15, 0.2) is 36.4 Å². The highest BCUT2D eigenvalue weighted by Gasteiger charge is 2.19. The van der Waals surface area contributed by atoms with E-state index in [1.165, 1.54) is 51.5 Å². The number of anilines is 1. The first-order chi connectivity index (χ1) is 14.6. The number of thiocarbonyl (C=S) groups is 1. The highest BCUT2D eigenvalue weighted by atomic mass is 35.5. The third kappa shape index (κ3) is 6.81. The number of hydrogen-bond donors (Lipinski definition) is 2. The summed E-state index contributed by atoms with van der Waals surface area (Å²) < 4.78 is 14.9. The summed E-state index contributed by atoms with van der Waals surface area (Å²) in [5.74, 6) is -1.60. The molecule has 2 N–H and O–H groups in total. The van der Waals surface area contributed by atoms with Crippen molar-refractivity contribution in [2.45, 2.75) is 13.0 Å². The molecule has 11 heteroatoms. The van der Waals surface area contributed by atoms with Gasteiger partial charge in [0.1, 0.15) is 5.75 Å². The quantitative estimate of drug-likeness (QED) is 0.470. The maximum absolute atomic E-state index is 12.4. The summed E-state index contributed by atoms with van der Waals surface area (Å²) in [7, 11) is 2.42. The maximum atomic E-state index is 12.4. The number of carbonyl (C=O) groups excluding carboxylic acids is 3. The average Bonchev–Trinajstić information content (AvgIpc) is 2.73. The van der Waals surface area contributed by atoms with Crippen LogP contribution in [0.4, 0.5) is 5.69 Å². The molecule has 0 saturated heterocycles. The minimum Gasteiger partial charge on any atom is -0.479 e. The minimum atomic E-state index is -0.939. The molecule has 2 rings (SSSR count). The summed E-state index contributed by atoms with van der Waals surface area (Å²) in [6.07, 6.45) is -0.939. The molecule has 164 valence electrons. The fourth-order valence-corrected chi connectivity index (χ4v) is 3.03. The number of ether oxygens (including phenoxy) is 3. The minimum absolute atomic E-state index is 0.0829. The van der Waals surface area contributed by atoms with Crippen LogP contribution in [0.3, 0.4) is 0 Å². The molecule has 1 amide bonds. The van der Waals surface area contributed by atoms with Crippen LogP contribution in [0, 0.1) is 0 Å². The van der Waals surface area contributed by atoms with Gasteiger partial charge in [-0.1, -0.05) is 23.2 Å². The van der Waals surface area contributed by atoms with Gasteiger partial charge in [-0.25, -0.2) is 9.59 Å². The van der Waals surface area contributed by atoms with Gasteiger partial charge in [0.2, 0.25) is 0 Å². The van der Waals surface area contributed by atoms with Crippen LogP contribution in [0.5, 0.6) is 5.75 Å². The van der Waals surface area contributed by atoms with E-state index in [2.05, 4.69) is 20.1 Å².